The second kappa shape index (κ2) is 5.39. The van der Waals surface area contributed by atoms with E-state index in [1.807, 2.05) is 6.92 Å². The van der Waals surface area contributed by atoms with Gasteiger partial charge < -0.3 is 4.90 Å². The number of amides is 1. The minimum atomic E-state index is 0.0213. The molecule has 0 atom stereocenters. The fourth-order valence-corrected chi connectivity index (χ4v) is 1.51. The van der Waals surface area contributed by atoms with Gasteiger partial charge in [-0.2, -0.15) is 5.10 Å². The van der Waals surface area contributed by atoms with Gasteiger partial charge in [0.2, 0.25) is 5.91 Å². The summed E-state index contributed by atoms with van der Waals surface area (Å²) in [6, 6.07) is 0. The summed E-state index contributed by atoms with van der Waals surface area (Å²) in [6.07, 6.45) is 3.69. The van der Waals surface area contributed by atoms with Gasteiger partial charge in [0.15, 0.2) is 5.82 Å². The van der Waals surface area contributed by atoms with Gasteiger partial charge in [0.1, 0.15) is 5.82 Å². The van der Waals surface area contributed by atoms with E-state index in [0.717, 1.165) is 5.82 Å². The zero-order valence-corrected chi connectivity index (χ0v) is 10.4. The highest BCUT2D eigenvalue weighted by molar-refractivity contribution is 5.75. The molecule has 8 nitrogen and oxygen atoms in total. The Morgan fingerprint density at radius 1 is 1.56 bits per heavy atom. The van der Waals surface area contributed by atoms with Crippen molar-refractivity contribution in [3.8, 4) is 0 Å². The van der Waals surface area contributed by atoms with E-state index in [1.54, 1.807) is 29.0 Å². The third-order valence-corrected chi connectivity index (χ3v) is 2.47. The van der Waals surface area contributed by atoms with Gasteiger partial charge in [-0.3, -0.25) is 14.6 Å². The van der Waals surface area contributed by atoms with Crippen molar-refractivity contribution < 1.29 is 4.79 Å². The van der Waals surface area contributed by atoms with E-state index in [9.17, 15) is 4.79 Å². The Hall–Kier alpha value is -2.25. The molecule has 0 unspecified atom stereocenters. The van der Waals surface area contributed by atoms with Crippen LogP contribution in [0.5, 0.6) is 0 Å². The fraction of sp³-hybridized carbons (Fsp3) is 0.500. The average molecular weight is 249 g/mol. The van der Waals surface area contributed by atoms with Gasteiger partial charge in [0.25, 0.3) is 0 Å². The van der Waals surface area contributed by atoms with E-state index in [1.165, 1.54) is 0 Å². The Labute approximate surface area is 104 Å². The molecule has 18 heavy (non-hydrogen) atoms. The van der Waals surface area contributed by atoms with Gasteiger partial charge in [-0.15, -0.1) is 5.10 Å². The molecule has 0 aliphatic heterocycles. The summed E-state index contributed by atoms with van der Waals surface area (Å²) >= 11 is 0. The van der Waals surface area contributed by atoms with E-state index in [4.69, 9.17) is 0 Å². The summed E-state index contributed by atoms with van der Waals surface area (Å²) < 4.78 is 1.63. The van der Waals surface area contributed by atoms with Crippen LogP contribution in [0.2, 0.25) is 0 Å². The first-order valence-corrected chi connectivity index (χ1v) is 5.61. The maximum atomic E-state index is 11.8. The molecule has 0 spiro atoms. The molecule has 96 valence electrons. The molecule has 0 aliphatic rings. The minimum Gasteiger partial charge on any atom is -0.338 e. The van der Waals surface area contributed by atoms with E-state index < -0.39 is 0 Å². The molecule has 2 rings (SSSR count). The highest BCUT2D eigenvalue weighted by Crippen LogP contribution is 2.00. The molecule has 2 aromatic rings. The summed E-state index contributed by atoms with van der Waals surface area (Å²) in [5, 5.41) is 14.2. The number of carbonyl (C=O) groups is 1. The van der Waals surface area contributed by atoms with E-state index in [0.29, 0.717) is 25.3 Å². The molecule has 2 heterocycles. The van der Waals surface area contributed by atoms with Crippen LogP contribution >= 0.6 is 0 Å². The van der Waals surface area contributed by atoms with Crippen molar-refractivity contribution in [2.24, 2.45) is 0 Å². The lowest BCUT2D eigenvalue weighted by Gasteiger charge is -2.14. The van der Waals surface area contributed by atoms with Gasteiger partial charge >= 0.3 is 0 Å². The monoisotopic (exact) mass is 249 g/mol. The van der Waals surface area contributed by atoms with E-state index in [-0.39, 0.29) is 5.91 Å². The van der Waals surface area contributed by atoms with Crippen LogP contribution < -0.4 is 0 Å². The molecule has 0 saturated carbocycles. The van der Waals surface area contributed by atoms with Crippen LogP contribution in [-0.4, -0.2) is 48.0 Å². The first-order valence-electron chi connectivity index (χ1n) is 5.61. The first-order chi connectivity index (χ1) is 8.65. The molecule has 2 aromatic heterocycles. The predicted molar refractivity (Wildman–Crippen MR) is 62.2 cm³/mol. The second-order valence-electron chi connectivity index (χ2n) is 4.00. The molecule has 8 heteroatoms. The van der Waals surface area contributed by atoms with Crippen LogP contribution in [0.1, 0.15) is 18.1 Å². The van der Waals surface area contributed by atoms with Gasteiger partial charge in [0, 0.05) is 19.7 Å². The SMILES string of the molecule is Cc1nc(CN(C)C(=O)CCn2ccnn2)n[nH]1. The largest absolute Gasteiger partial charge is 0.338 e. The summed E-state index contributed by atoms with van der Waals surface area (Å²) in [4.78, 5) is 17.6. The lowest BCUT2D eigenvalue weighted by atomic mass is 10.3. The number of nitrogens with one attached hydrogen (secondary N) is 1. The lowest BCUT2D eigenvalue weighted by Crippen LogP contribution is -2.27. The summed E-state index contributed by atoms with van der Waals surface area (Å²) in [5.41, 5.74) is 0. The summed E-state index contributed by atoms with van der Waals surface area (Å²) in [6.45, 7) is 2.75. The lowest BCUT2D eigenvalue weighted by molar-refractivity contribution is -0.130. The molecule has 1 amide bonds. The molecular formula is C10H15N7O. The molecule has 0 saturated heterocycles. The number of nitrogens with zero attached hydrogens (tertiary/aromatic N) is 6. The highest BCUT2D eigenvalue weighted by atomic mass is 16.2. The average Bonchev–Trinajstić information content (AvgIpc) is 2.97. The number of rotatable bonds is 5. The van der Waals surface area contributed by atoms with Crippen LogP contribution in [0.4, 0.5) is 0 Å². The number of aromatic nitrogens is 6. The van der Waals surface area contributed by atoms with Crippen molar-refractivity contribution in [1.29, 1.82) is 0 Å². The van der Waals surface area contributed by atoms with Crippen molar-refractivity contribution in [3.05, 3.63) is 24.0 Å². The number of aromatic amines is 1. The molecule has 0 fully saturated rings. The van der Waals surface area contributed by atoms with E-state index >= 15 is 0 Å². The number of carbonyl (C=O) groups excluding carboxylic acids is 1. The number of hydrogen-bond donors (Lipinski definition) is 1. The third-order valence-electron chi connectivity index (χ3n) is 2.47. The highest BCUT2D eigenvalue weighted by Gasteiger charge is 2.11. The van der Waals surface area contributed by atoms with Crippen molar-refractivity contribution in [3.63, 3.8) is 0 Å². The molecule has 0 bridgehead atoms. The Bertz CT molecular complexity index is 504. The maximum absolute atomic E-state index is 11.8. The van der Waals surface area contributed by atoms with Gasteiger partial charge in [0.05, 0.1) is 19.3 Å². The van der Waals surface area contributed by atoms with Gasteiger partial charge in [-0.1, -0.05) is 5.21 Å². The molecule has 0 radical (unpaired) electrons. The Balaban J connectivity index is 1.81. The summed E-state index contributed by atoms with van der Waals surface area (Å²) in [5.74, 6) is 1.38. The molecule has 1 N–H and O–H groups in total. The zero-order valence-electron chi connectivity index (χ0n) is 10.4. The van der Waals surface area contributed by atoms with Crippen molar-refractivity contribution >= 4 is 5.91 Å². The summed E-state index contributed by atoms with van der Waals surface area (Å²) in [7, 11) is 1.73. The van der Waals surface area contributed by atoms with Crippen LogP contribution in [-0.2, 0) is 17.9 Å². The normalized spacial score (nSPS) is 10.6. The van der Waals surface area contributed by atoms with Crippen molar-refractivity contribution in [2.45, 2.75) is 26.4 Å². The Kier molecular flexibility index (Phi) is 3.66. The van der Waals surface area contributed by atoms with Crippen LogP contribution in [0, 0.1) is 6.92 Å². The molecule has 0 aromatic carbocycles. The standard InChI is InChI=1S/C10H15N7O/c1-8-12-9(14-13-8)7-16(2)10(18)3-5-17-6-4-11-15-17/h4,6H,3,5,7H2,1-2H3,(H,12,13,14). The van der Waals surface area contributed by atoms with Crippen molar-refractivity contribution in [1.82, 2.24) is 35.1 Å². The second-order valence-corrected chi connectivity index (χ2v) is 4.00. The van der Waals surface area contributed by atoms with Gasteiger partial charge in [-0.05, 0) is 6.92 Å². The Morgan fingerprint density at radius 3 is 3.00 bits per heavy atom. The number of aryl methyl sites for hydroxylation is 2. The smallest absolute Gasteiger partial charge is 0.224 e. The zero-order chi connectivity index (χ0) is 13.0. The molecule has 0 aliphatic carbocycles. The molecular weight excluding hydrogens is 234 g/mol. The number of hydrogen-bond acceptors (Lipinski definition) is 5. The third kappa shape index (κ3) is 3.12. The quantitative estimate of drug-likeness (QED) is 0.789. The van der Waals surface area contributed by atoms with Crippen molar-refractivity contribution in [2.75, 3.05) is 7.05 Å². The van der Waals surface area contributed by atoms with E-state index in [2.05, 4.69) is 25.5 Å². The Morgan fingerprint density at radius 2 is 2.39 bits per heavy atom. The first kappa shape index (κ1) is 12.2. The fourth-order valence-electron chi connectivity index (χ4n) is 1.51. The van der Waals surface area contributed by atoms with Gasteiger partial charge in [-0.25, -0.2) is 4.98 Å². The predicted octanol–water partition coefficient (Wildman–Crippen LogP) is -0.247. The van der Waals surface area contributed by atoms with Crippen LogP contribution in [0.3, 0.4) is 0 Å². The maximum Gasteiger partial charge on any atom is 0.224 e. The number of H-pyrrole nitrogens is 1. The topological polar surface area (TPSA) is 92.6 Å². The minimum absolute atomic E-state index is 0.0213. The van der Waals surface area contributed by atoms with Crippen LogP contribution in [0.25, 0.3) is 0 Å². The van der Waals surface area contributed by atoms with Crippen LogP contribution in [0.15, 0.2) is 12.4 Å².